The van der Waals surface area contributed by atoms with Crippen molar-refractivity contribution >= 4 is 5.91 Å². The molecule has 1 amide bonds. The molecule has 1 unspecified atom stereocenters. The number of rotatable bonds is 3. The summed E-state index contributed by atoms with van der Waals surface area (Å²) in [5.41, 5.74) is 1.68. The van der Waals surface area contributed by atoms with E-state index in [1.54, 1.807) is 13.0 Å². The van der Waals surface area contributed by atoms with Gasteiger partial charge >= 0.3 is 0 Å². The largest absolute Gasteiger partial charge is 0.392 e. The monoisotopic (exact) mass is 193 g/mol. The summed E-state index contributed by atoms with van der Waals surface area (Å²) in [4.78, 5) is 11.5. The van der Waals surface area contributed by atoms with Gasteiger partial charge in [0.1, 0.15) is 0 Å². The van der Waals surface area contributed by atoms with Crippen LogP contribution in [0.5, 0.6) is 0 Å². The number of carbonyl (C=O) groups excluding carboxylic acids is 1. The first-order valence-electron chi connectivity index (χ1n) is 4.62. The van der Waals surface area contributed by atoms with E-state index in [4.69, 9.17) is 5.11 Å². The molecule has 76 valence electrons. The fourth-order valence-electron chi connectivity index (χ4n) is 1.13. The van der Waals surface area contributed by atoms with E-state index in [2.05, 4.69) is 5.32 Å². The lowest BCUT2D eigenvalue weighted by atomic mass is 10.1. The molecule has 0 saturated heterocycles. The number of carbonyl (C=O) groups is 1. The Balaban J connectivity index is 2.61. The Morgan fingerprint density at radius 3 is 2.86 bits per heavy atom. The fourth-order valence-corrected chi connectivity index (χ4v) is 1.13. The minimum absolute atomic E-state index is 0.144. The van der Waals surface area contributed by atoms with Crippen molar-refractivity contribution in [3.63, 3.8) is 0 Å². The average molecular weight is 193 g/mol. The molecule has 0 saturated carbocycles. The fraction of sp³-hybridized carbons (Fsp3) is 0.364. The third kappa shape index (κ3) is 3.18. The minimum Gasteiger partial charge on any atom is -0.392 e. The standard InChI is InChI=1S/C11H15NO2/c1-8-4-3-5-10(6-8)11(14)12-7-9(2)13/h3-6,9,13H,7H2,1-2H3,(H,12,14). The highest BCUT2D eigenvalue weighted by Crippen LogP contribution is 2.03. The topological polar surface area (TPSA) is 49.3 Å². The van der Waals surface area contributed by atoms with Crippen LogP contribution < -0.4 is 5.32 Å². The number of nitrogens with one attached hydrogen (secondary N) is 1. The molecule has 1 aromatic carbocycles. The van der Waals surface area contributed by atoms with Crippen LogP contribution in [-0.2, 0) is 0 Å². The molecule has 0 aliphatic heterocycles. The van der Waals surface area contributed by atoms with Crippen molar-refractivity contribution in [2.75, 3.05) is 6.54 Å². The van der Waals surface area contributed by atoms with Gasteiger partial charge in [0.25, 0.3) is 5.91 Å². The Hall–Kier alpha value is -1.35. The van der Waals surface area contributed by atoms with Gasteiger partial charge in [-0.1, -0.05) is 17.7 Å². The normalized spacial score (nSPS) is 12.2. The molecule has 0 radical (unpaired) electrons. The van der Waals surface area contributed by atoms with Crippen LogP contribution in [0.25, 0.3) is 0 Å². The van der Waals surface area contributed by atoms with Crippen molar-refractivity contribution in [3.05, 3.63) is 35.4 Å². The molecular formula is C11H15NO2. The van der Waals surface area contributed by atoms with Gasteiger partial charge < -0.3 is 10.4 Å². The lowest BCUT2D eigenvalue weighted by molar-refractivity contribution is 0.0924. The maximum Gasteiger partial charge on any atom is 0.251 e. The van der Waals surface area contributed by atoms with Crippen molar-refractivity contribution in [2.24, 2.45) is 0 Å². The Morgan fingerprint density at radius 1 is 1.57 bits per heavy atom. The van der Waals surface area contributed by atoms with Gasteiger partial charge in [-0.3, -0.25) is 4.79 Å². The summed E-state index contributed by atoms with van der Waals surface area (Å²) >= 11 is 0. The molecule has 0 aliphatic carbocycles. The molecule has 0 fully saturated rings. The van der Waals surface area contributed by atoms with E-state index in [9.17, 15) is 4.79 Å². The van der Waals surface area contributed by atoms with E-state index < -0.39 is 6.10 Å². The summed E-state index contributed by atoms with van der Waals surface area (Å²) in [5.74, 6) is -0.144. The zero-order valence-electron chi connectivity index (χ0n) is 8.45. The molecule has 0 heterocycles. The first-order chi connectivity index (χ1) is 6.59. The summed E-state index contributed by atoms with van der Waals surface area (Å²) in [5, 5.41) is 11.6. The zero-order valence-corrected chi connectivity index (χ0v) is 8.45. The van der Waals surface area contributed by atoms with Crippen molar-refractivity contribution in [2.45, 2.75) is 20.0 Å². The second kappa shape index (κ2) is 4.77. The van der Waals surface area contributed by atoms with E-state index in [1.165, 1.54) is 0 Å². The van der Waals surface area contributed by atoms with Gasteiger partial charge in [0, 0.05) is 12.1 Å². The minimum atomic E-state index is -0.510. The number of amides is 1. The van der Waals surface area contributed by atoms with Gasteiger partial charge in [0.15, 0.2) is 0 Å². The SMILES string of the molecule is Cc1cccc(C(=O)NCC(C)O)c1. The quantitative estimate of drug-likeness (QED) is 0.755. The number of benzene rings is 1. The smallest absolute Gasteiger partial charge is 0.251 e. The summed E-state index contributed by atoms with van der Waals surface area (Å²) < 4.78 is 0. The molecular weight excluding hydrogens is 178 g/mol. The molecule has 1 atom stereocenters. The van der Waals surface area contributed by atoms with Crippen LogP contribution in [0.2, 0.25) is 0 Å². The van der Waals surface area contributed by atoms with Crippen molar-refractivity contribution in [1.82, 2.24) is 5.32 Å². The molecule has 2 N–H and O–H groups in total. The Morgan fingerprint density at radius 2 is 2.29 bits per heavy atom. The predicted octanol–water partition coefficient (Wildman–Crippen LogP) is 1.11. The Kier molecular flexibility index (Phi) is 3.65. The van der Waals surface area contributed by atoms with Crippen LogP contribution in [0.4, 0.5) is 0 Å². The summed E-state index contributed by atoms with van der Waals surface area (Å²) in [6.45, 7) is 3.86. The number of aryl methyl sites for hydroxylation is 1. The predicted molar refractivity (Wildman–Crippen MR) is 55.2 cm³/mol. The Labute approximate surface area is 83.8 Å². The molecule has 0 aliphatic rings. The van der Waals surface area contributed by atoms with Crippen LogP contribution in [0.3, 0.4) is 0 Å². The van der Waals surface area contributed by atoms with Crippen LogP contribution in [0.15, 0.2) is 24.3 Å². The van der Waals surface area contributed by atoms with Crippen LogP contribution in [-0.4, -0.2) is 23.7 Å². The molecule has 0 aromatic heterocycles. The van der Waals surface area contributed by atoms with Crippen LogP contribution in [0, 0.1) is 6.92 Å². The third-order valence-electron chi connectivity index (χ3n) is 1.84. The van der Waals surface area contributed by atoms with E-state index in [-0.39, 0.29) is 12.5 Å². The lowest BCUT2D eigenvalue weighted by Gasteiger charge is -2.07. The second-order valence-corrected chi connectivity index (χ2v) is 3.43. The zero-order chi connectivity index (χ0) is 10.6. The average Bonchev–Trinajstić information content (AvgIpc) is 2.14. The highest BCUT2D eigenvalue weighted by molar-refractivity contribution is 5.94. The number of hydrogen-bond acceptors (Lipinski definition) is 2. The Bertz CT molecular complexity index is 321. The first kappa shape index (κ1) is 10.7. The van der Waals surface area contributed by atoms with Crippen LogP contribution >= 0.6 is 0 Å². The van der Waals surface area contributed by atoms with Gasteiger partial charge in [-0.2, -0.15) is 0 Å². The van der Waals surface area contributed by atoms with E-state index in [1.807, 2.05) is 25.1 Å². The molecule has 1 rings (SSSR count). The summed E-state index contributed by atoms with van der Waals surface area (Å²) in [6, 6.07) is 7.35. The highest BCUT2D eigenvalue weighted by atomic mass is 16.3. The van der Waals surface area contributed by atoms with Crippen molar-refractivity contribution in [3.8, 4) is 0 Å². The van der Waals surface area contributed by atoms with Gasteiger partial charge in [-0.05, 0) is 26.0 Å². The second-order valence-electron chi connectivity index (χ2n) is 3.43. The molecule has 3 heteroatoms. The summed E-state index contributed by atoms with van der Waals surface area (Å²) in [6.07, 6.45) is -0.510. The van der Waals surface area contributed by atoms with E-state index >= 15 is 0 Å². The third-order valence-corrected chi connectivity index (χ3v) is 1.84. The number of aliphatic hydroxyl groups excluding tert-OH is 1. The lowest BCUT2D eigenvalue weighted by Crippen LogP contribution is -2.30. The van der Waals surface area contributed by atoms with Gasteiger partial charge in [0.2, 0.25) is 0 Å². The van der Waals surface area contributed by atoms with Crippen LogP contribution in [0.1, 0.15) is 22.8 Å². The van der Waals surface area contributed by atoms with Gasteiger partial charge in [-0.15, -0.1) is 0 Å². The summed E-state index contributed by atoms with van der Waals surface area (Å²) in [7, 11) is 0. The van der Waals surface area contributed by atoms with Crippen molar-refractivity contribution in [1.29, 1.82) is 0 Å². The van der Waals surface area contributed by atoms with E-state index in [0.717, 1.165) is 5.56 Å². The molecule has 0 spiro atoms. The maximum atomic E-state index is 11.5. The number of hydrogen-bond donors (Lipinski definition) is 2. The number of aliphatic hydroxyl groups is 1. The molecule has 0 bridgehead atoms. The maximum absolute atomic E-state index is 11.5. The molecule has 3 nitrogen and oxygen atoms in total. The molecule has 14 heavy (non-hydrogen) atoms. The van der Waals surface area contributed by atoms with E-state index in [0.29, 0.717) is 5.56 Å². The van der Waals surface area contributed by atoms with Gasteiger partial charge in [-0.25, -0.2) is 0 Å². The van der Waals surface area contributed by atoms with Gasteiger partial charge in [0.05, 0.1) is 6.10 Å². The van der Waals surface area contributed by atoms with Crippen molar-refractivity contribution < 1.29 is 9.90 Å². The first-order valence-corrected chi connectivity index (χ1v) is 4.62. The highest BCUT2D eigenvalue weighted by Gasteiger charge is 2.05. The molecule has 1 aromatic rings.